The number of carbonyl (C=O) groups excluding carboxylic acids is 3. The van der Waals surface area contributed by atoms with Crippen LogP contribution in [0.4, 0.5) is 5.00 Å². The Hall–Kier alpha value is -2.67. The molecule has 154 valence electrons. The number of aryl methyl sites for hydroxylation is 3. The molecule has 3 N–H and O–H groups in total. The molecule has 0 unspecified atom stereocenters. The van der Waals surface area contributed by atoms with E-state index in [-0.39, 0.29) is 6.42 Å². The summed E-state index contributed by atoms with van der Waals surface area (Å²) in [5, 5.41) is 3.16. The summed E-state index contributed by atoms with van der Waals surface area (Å²) in [5.41, 5.74) is 9.14. The third-order valence-corrected chi connectivity index (χ3v) is 6.34. The minimum absolute atomic E-state index is 0.197. The molecule has 1 aliphatic rings. The molecule has 1 atom stereocenters. The maximum absolute atomic E-state index is 12.5. The fraction of sp³-hybridized carbons (Fsp3) is 0.409. The van der Waals surface area contributed by atoms with E-state index in [0.29, 0.717) is 17.0 Å². The first-order valence-electron chi connectivity index (χ1n) is 9.91. The van der Waals surface area contributed by atoms with Gasteiger partial charge in [0.05, 0.1) is 5.56 Å². The number of hydrogen-bond donors (Lipinski definition) is 2. The van der Waals surface area contributed by atoms with Crippen LogP contribution in [0.3, 0.4) is 0 Å². The molecule has 2 amide bonds. The molecule has 0 radical (unpaired) electrons. The second-order valence-electron chi connectivity index (χ2n) is 7.22. The Morgan fingerprint density at radius 3 is 2.52 bits per heavy atom. The molecular weight excluding hydrogens is 388 g/mol. The number of carbonyl (C=O) groups is 3. The molecule has 0 spiro atoms. The van der Waals surface area contributed by atoms with E-state index in [1.807, 2.05) is 24.3 Å². The second-order valence-corrected chi connectivity index (χ2v) is 8.32. The molecular formula is C22H26N2O4S. The van der Waals surface area contributed by atoms with Crippen LogP contribution in [0.15, 0.2) is 24.3 Å². The van der Waals surface area contributed by atoms with Crippen molar-refractivity contribution in [1.82, 2.24) is 0 Å². The third kappa shape index (κ3) is 5.03. The molecule has 2 aromatic rings. The van der Waals surface area contributed by atoms with E-state index in [0.717, 1.165) is 41.7 Å². The lowest BCUT2D eigenvalue weighted by atomic mass is 10.1. The van der Waals surface area contributed by atoms with Crippen molar-refractivity contribution in [1.29, 1.82) is 0 Å². The first-order valence-corrected chi connectivity index (χ1v) is 10.7. The highest BCUT2D eigenvalue weighted by Gasteiger charge is 2.27. The molecule has 1 aromatic heterocycles. The first kappa shape index (κ1) is 21.0. The van der Waals surface area contributed by atoms with Crippen molar-refractivity contribution in [2.24, 2.45) is 5.73 Å². The van der Waals surface area contributed by atoms with E-state index >= 15 is 0 Å². The molecule has 6 nitrogen and oxygen atoms in total. The zero-order valence-corrected chi connectivity index (χ0v) is 17.6. The molecule has 0 aliphatic heterocycles. The van der Waals surface area contributed by atoms with Gasteiger partial charge in [0.25, 0.3) is 11.8 Å². The minimum atomic E-state index is -0.956. The van der Waals surface area contributed by atoms with Crippen molar-refractivity contribution in [3.63, 3.8) is 0 Å². The summed E-state index contributed by atoms with van der Waals surface area (Å²) in [6.07, 6.45) is 3.44. The third-order valence-electron chi connectivity index (χ3n) is 5.13. The summed E-state index contributed by atoms with van der Waals surface area (Å²) in [6, 6.07) is 8.10. The predicted octanol–water partition coefficient (Wildman–Crippen LogP) is 3.40. The van der Waals surface area contributed by atoms with Gasteiger partial charge < -0.3 is 15.8 Å². The maximum Gasteiger partial charge on any atom is 0.306 e. The number of primary amides is 1. The Kier molecular flexibility index (Phi) is 6.69. The van der Waals surface area contributed by atoms with E-state index in [9.17, 15) is 14.4 Å². The number of ether oxygens (including phenoxy) is 1. The highest BCUT2D eigenvalue weighted by atomic mass is 32.1. The number of anilines is 1. The van der Waals surface area contributed by atoms with Crippen LogP contribution in [0.1, 0.15) is 58.6 Å². The highest BCUT2D eigenvalue weighted by Crippen LogP contribution is 2.38. The van der Waals surface area contributed by atoms with Gasteiger partial charge in [0.1, 0.15) is 5.00 Å². The monoisotopic (exact) mass is 414 g/mol. The van der Waals surface area contributed by atoms with Crippen LogP contribution in [0.25, 0.3) is 0 Å². The lowest BCUT2D eigenvalue weighted by molar-refractivity contribution is -0.153. The first-order chi connectivity index (χ1) is 13.9. The molecule has 1 aromatic carbocycles. The van der Waals surface area contributed by atoms with E-state index in [1.54, 1.807) is 0 Å². The summed E-state index contributed by atoms with van der Waals surface area (Å²) in [6.45, 7) is 3.61. The number of fused-ring (bicyclic) bond motifs is 1. The molecule has 0 fully saturated rings. The summed E-state index contributed by atoms with van der Waals surface area (Å²) in [4.78, 5) is 37.5. The van der Waals surface area contributed by atoms with Gasteiger partial charge in [0, 0.05) is 11.3 Å². The summed E-state index contributed by atoms with van der Waals surface area (Å²) in [5.74, 6) is -1.44. The van der Waals surface area contributed by atoms with Gasteiger partial charge in [-0.05, 0) is 55.7 Å². The van der Waals surface area contributed by atoms with Crippen molar-refractivity contribution in [3.05, 3.63) is 51.4 Å². The van der Waals surface area contributed by atoms with E-state index < -0.39 is 23.9 Å². The zero-order chi connectivity index (χ0) is 21.0. The van der Waals surface area contributed by atoms with E-state index in [4.69, 9.17) is 10.5 Å². The van der Waals surface area contributed by atoms with Crippen molar-refractivity contribution in [2.75, 3.05) is 5.32 Å². The van der Waals surface area contributed by atoms with Crippen LogP contribution in [-0.4, -0.2) is 23.9 Å². The number of thiophene rings is 1. The van der Waals surface area contributed by atoms with Gasteiger partial charge in [-0.3, -0.25) is 14.4 Å². The normalized spacial score (nSPS) is 13.6. The SMILES string of the molecule is CCc1ccc(CCC(=O)O[C@@H](C)C(=O)Nc2sc3c(c2C(N)=O)CCC3)cc1. The molecule has 0 saturated carbocycles. The predicted molar refractivity (Wildman–Crippen MR) is 113 cm³/mol. The van der Waals surface area contributed by atoms with Gasteiger partial charge >= 0.3 is 5.97 Å². The number of esters is 1. The quantitative estimate of drug-likeness (QED) is 0.647. The number of hydrogen-bond acceptors (Lipinski definition) is 5. The Morgan fingerprint density at radius 1 is 1.17 bits per heavy atom. The molecule has 29 heavy (non-hydrogen) atoms. The number of nitrogens with one attached hydrogen (secondary N) is 1. The molecule has 0 saturated heterocycles. The number of rotatable bonds is 8. The Morgan fingerprint density at radius 2 is 1.86 bits per heavy atom. The molecule has 1 aliphatic carbocycles. The minimum Gasteiger partial charge on any atom is -0.453 e. The van der Waals surface area contributed by atoms with Gasteiger partial charge in [0.15, 0.2) is 6.10 Å². The number of nitrogens with two attached hydrogens (primary N) is 1. The van der Waals surface area contributed by atoms with Crippen LogP contribution < -0.4 is 11.1 Å². The van der Waals surface area contributed by atoms with Crippen molar-refractivity contribution < 1.29 is 19.1 Å². The maximum atomic E-state index is 12.5. The average Bonchev–Trinajstić information content (AvgIpc) is 3.27. The molecule has 3 rings (SSSR count). The van der Waals surface area contributed by atoms with Crippen LogP contribution in [0.2, 0.25) is 0 Å². The van der Waals surface area contributed by atoms with Gasteiger partial charge in [-0.25, -0.2) is 0 Å². The zero-order valence-electron chi connectivity index (χ0n) is 16.7. The summed E-state index contributed by atoms with van der Waals surface area (Å²) < 4.78 is 5.27. The van der Waals surface area contributed by atoms with Gasteiger partial charge in [-0.2, -0.15) is 0 Å². The van der Waals surface area contributed by atoms with E-state index in [1.165, 1.54) is 23.8 Å². The van der Waals surface area contributed by atoms with Crippen LogP contribution >= 0.6 is 11.3 Å². The average molecular weight is 415 g/mol. The molecule has 1 heterocycles. The van der Waals surface area contributed by atoms with Gasteiger partial charge in [-0.15, -0.1) is 11.3 Å². The fourth-order valence-corrected chi connectivity index (χ4v) is 4.76. The van der Waals surface area contributed by atoms with Crippen molar-refractivity contribution in [3.8, 4) is 0 Å². The number of benzene rings is 1. The van der Waals surface area contributed by atoms with Crippen LogP contribution in [0, 0.1) is 0 Å². The molecule has 7 heteroatoms. The lowest BCUT2D eigenvalue weighted by Crippen LogP contribution is -2.30. The standard InChI is InChI=1S/C22H26N2O4S/c1-3-14-7-9-15(10-8-14)11-12-18(25)28-13(2)21(27)24-22-19(20(23)26)16-5-4-6-17(16)29-22/h7-10,13H,3-6,11-12H2,1-2H3,(H2,23,26)(H,24,27)/t13-/m0/s1. The van der Waals surface area contributed by atoms with Crippen molar-refractivity contribution >= 4 is 34.1 Å². The topological polar surface area (TPSA) is 98.5 Å². The van der Waals surface area contributed by atoms with Crippen molar-refractivity contribution in [2.45, 2.75) is 58.5 Å². The van der Waals surface area contributed by atoms with Gasteiger partial charge in [0.2, 0.25) is 0 Å². The molecule has 0 bridgehead atoms. The smallest absolute Gasteiger partial charge is 0.306 e. The van der Waals surface area contributed by atoms with Crippen LogP contribution in [0.5, 0.6) is 0 Å². The second kappa shape index (κ2) is 9.22. The van der Waals surface area contributed by atoms with E-state index in [2.05, 4.69) is 12.2 Å². The fourth-order valence-electron chi connectivity index (χ4n) is 3.46. The Bertz CT molecular complexity index is 918. The largest absolute Gasteiger partial charge is 0.453 e. The Labute approximate surface area is 174 Å². The summed E-state index contributed by atoms with van der Waals surface area (Å²) in [7, 11) is 0. The Balaban J connectivity index is 1.54. The number of amides is 2. The van der Waals surface area contributed by atoms with Crippen LogP contribution in [-0.2, 0) is 40.0 Å². The van der Waals surface area contributed by atoms with Gasteiger partial charge in [-0.1, -0.05) is 31.2 Å². The lowest BCUT2D eigenvalue weighted by Gasteiger charge is -2.13. The highest BCUT2D eigenvalue weighted by molar-refractivity contribution is 7.17. The summed E-state index contributed by atoms with van der Waals surface area (Å²) >= 11 is 1.38.